The fourth-order valence-corrected chi connectivity index (χ4v) is 2.43. The summed E-state index contributed by atoms with van der Waals surface area (Å²) in [5.74, 6) is 1.32. The molecule has 1 aliphatic rings. The minimum atomic E-state index is -0.626. The summed E-state index contributed by atoms with van der Waals surface area (Å²) in [6, 6.07) is 7.81. The highest BCUT2D eigenvalue weighted by Crippen LogP contribution is 2.42. The largest absolute Gasteiger partial charge is 0.479 e. The van der Waals surface area contributed by atoms with Crippen LogP contribution in [-0.2, 0) is 12.0 Å². The van der Waals surface area contributed by atoms with Crippen molar-refractivity contribution in [1.82, 2.24) is 9.97 Å². The number of rotatable bonds is 3. The van der Waals surface area contributed by atoms with E-state index in [-0.39, 0.29) is 5.69 Å². The lowest BCUT2D eigenvalue weighted by Crippen LogP contribution is -2.32. The minimum absolute atomic E-state index is 0.115. The normalized spacial score (nSPS) is 20.2. The summed E-state index contributed by atoms with van der Waals surface area (Å²) in [5.41, 5.74) is 0.366. The van der Waals surface area contributed by atoms with Crippen LogP contribution in [0.5, 0.6) is 5.75 Å². The summed E-state index contributed by atoms with van der Waals surface area (Å²) < 4.78 is 6.04. The van der Waals surface area contributed by atoms with E-state index in [4.69, 9.17) is 4.74 Å². The predicted octanol–water partition coefficient (Wildman–Crippen LogP) is 2.63. The number of ether oxygens (including phenoxy) is 1. The Kier molecular flexibility index (Phi) is 2.85. The van der Waals surface area contributed by atoms with Crippen LogP contribution in [-0.4, -0.2) is 14.9 Å². The molecule has 0 fully saturated rings. The number of benzene rings is 1. The Morgan fingerprint density at radius 1 is 1.35 bits per heavy atom. The summed E-state index contributed by atoms with van der Waals surface area (Å²) in [6.45, 7) is 2.00. The lowest BCUT2D eigenvalue weighted by Gasteiger charge is -2.25. The Morgan fingerprint density at radius 2 is 2.05 bits per heavy atom. The van der Waals surface area contributed by atoms with Gasteiger partial charge < -0.3 is 4.74 Å². The molecule has 0 N–H and O–H groups in total. The second-order valence-corrected chi connectivity index (χ2v) is 4.76. The molecule has 0 bridgehead atoms. The van der Waals surface area contributed by atoms with Gasteiger partial charge >= 0.3 is 5.69 Å². The maximum Gasteiger partial charge on any atom is 0.305 e. The van der Waals surface area contributed by atoms with Gasteiger partial charge in [0.1, 0.15) is 18.1 Å². The molecular weight excluding hydrogens is 258 g/mol. The third-order valence-electron chi connectivity index (χ3n) is 3.58. The summed E-state index contributed by atoms with van der Waals surface area (Å²) in [4.78, 5) is 18.4. The van der Waals surface area contributed by atoms with E-state index >= 15 is 0 Å². The number of hydrogen-bond acceptors (Lipinski definition) is 5. The van der Waals surface area contributed by atoms with Crippen LogP contribution in [0.4, 0.5) is 5.69 Å². The molecule has 2 heterocycles. The van der Waals surface area contributed by atoms with Gasteiger partial charge in [0.2, 0.25) is 0 Å². The SMILES string of the molecule is CCC1(c2ncc([N+](=O)[O-])cn2)Cc2ccccc2O1. The van der Waals surface area contributed by atoms with E-state index in [9.17, 15) is 10.1 Å². The van der Waals surface area contributed by atoms with E-state index in [0.29, 0.717) is 18.7 Å². The topological polar surface area (TPSA) is 78.2 Å². The van der Waals surface area contributed by atoms with Gasteiger partial charge in [-0.15, -0.1) is 0 Å². The molecule has 0 saturated heterocycles. The van der Waals surface area contributed by atoms with Crippen LogP contribution in [0.15, 0.2) is 36.7 Å². The highest BCUT2D eigenvalue weighted by Gasteiger charge is 2.42. The molecule has 2 aromatic rings. The van der Waals surface area contributed by atoms with Gasteiger partial charge in [-0.25, -0.2) is 9.97 Å². The highest BCUT2D eigenvalue weighted by molar-refractivity contribution is 5.40. The molecule has 6 heteroatoms. The van der Waals surface area contributed by atoms with Crippen molar-refractivity contribution in [2.75, 3.05) is 0 Å². The Balaban J connectivity index is 1.97. The van der Waals surface area contributed by atoms with Crippen LogP contribution in [0, 0.1) is 10.1 Å². The monoisotopic (exact) mass is 271 g/mol. The second-order valence-electron chi connectivity index (χ2n) is 4.76. The molecule has 20 heavy (non-hydrogen) atoms. The van der Waals surface area contributed by atoms with E-state index in [2.05, 4.69) is 9.97 Å². The number of aromatic nitrogens is 2. The van der Waals surface area contributed by atoms with E-state index in [1.807, 2.05) is 31.2 Å². The Bertz CT molecular complexity index is 630. The smallest absolute Gasteiger partial charge is 0.305 e. The van der Waals surface area contributed by atoms with Gasteiger partial charge in [-0.3, -0.25) is 10.1 Å². The van der Waals surface area contributed by atoms with Crippen LogP contribution < -0.4 is 4.74 Å². The van der Waals surface area contributed by atoms with Crippen molar-refractivity contribution in [1.29, 1.82) is 0 Å². The zero-order chi connectivity index (χ0) is 14.2. The molecule has 6 nitrogen and oxygen atoms in total. The molecule has 1 unspecified atom stereocenters. The fourth-order valence-electron chi connectivity index (χ4n) is 2.43. The first-order chi connectivity index (χ1) is 9.64. The quantitative estimate of drug-likeness (QED) is 0.633. The second kappa shape index (κ2) is 4.56. The molecule has 1 aromatic heterocycles. The molecule has 102 valence electrons. The number of fused-ring (bicyclic) bond motifs is 1. The number of hydrogen-bond donors (Lipinski definition) is 0. The van der Waals surface area contributed by atoms with Gasteiger partial charge in [0, 0.05) is 6.42 Å². The third-order valence-corrected chi connectivity index (χ3v) is 3.58. The Labute approximate surface area is 115 Å². The molecule has 0 amide bonds. The van der Waals surface area contributed by atoms with Gasteiger partial charge in [-0.05, 0) is 18.1 Å². The van der Waals surface area contributed by atoms with Crippen LogP contribution in [0.25, 0.3) is 0 Å². The Hall–Kier alpha value is -2.50. The number of para-hydroxylation sites is 1. The first-order valence-corrected chi connectivity index (χ1v) is 6.38. The first kappa shape index (κ1) is 12.5. The maximum absolute atomic E-state index is 10.7. The van der Waals surface area contributed by atoms with Gasteiger partial charge in [0.25, 0.3) is 0 Å². The van der Waals surface area contributed by atoms with Crippen molar-refractivity contribution in [2.45, 2.75) is 25.4 Å². The molecule has 1 aliphatic heterocycles. The lowest BCUT2D eigenvalue weighted by atomic mass is 9.93. The lowest BCUT2D eigenvalue weighted by molar-refractivity contribution is -0.385. The van der Waals surface area contributed by atoms with E-state index in [1.165, 1.54) is 12.4 Å². The number of nitro groups is 1. The zero-order valence-electron chi connectivity index (χ0n) is 10.9. The van der Waals surface area contributed by atoms with Crippen molar-refractivity contribution < 1.29 is 9.66 Å². The van der Waals surface area contributed by atoms with Crippen molar-refractivity contribution >= 4 is 5.69 Å². The highest BCUT2D eigenvalue weighted by atomic mass is 16.6. The molecule has 3 rings (SSSR count). The van der Waals surface area contributed by atoms with Gasteiger partial charge in [-0.2, -0.15) is 0 Å². The third kappa shape index (κ3) is 1.89. The van der Waals surface area contributed by atoms with Crippen molar-refractivity contribution in [3.8, 4) is 5.75 Å². The zero-order valence-corrected chi connectivity index (χ0v) is 10.9. The van der Waals surface area contributed by atoms with Crippen LogP contribution in [0.3, 0.4) is 0 Å². The summed E-state index contributed by atoms with van der Waals surface area (Å²) in [6.07, 6.45) is 3.83. The summed E-state index contributed by atoms with van der Waals surface area (Å²) >= 11 is 0. The molecule has 1 aromatic carbocycles. The van der Waals surface area contributed by atoms with E-state index in [1.54, 1.807) is 0 Å². The van der Waals surface area contributed by atoms with Crippen LogP contribution in [0.1, 0.15) is 24.7 Å². The van der Waals surface area contributed by atoms with Crippen molar-refractivity contribution in [3.05, 3.63) is 58.2 Å². The van der Waals surface area contributed by atoms with E-state index in [0.717, 1.165) is 11.3 Å². The van der Waals surface area contributed by atoms with Gasteiger partial charge in [0.15, 0.2) is 11.4 Å². The maximum atomic E-state index is 10.7. The molecule has 0 radical (unpaired) electrons. The Morgan fingerprint density at radius 3 is 2.65 bits per heavy atom. The van der Waals surface area contributed by atoms with Crippen molar-refractivity contribution in [3.63, 3.8) is 0 Å². The average molecular weight is 271 g/mol. The molecule has 0 spiro atoms. The standard InChI is InChI=1S/C14H13N3O3/c1-2-14(7-10-5-3-4-6-12(10)20-14)13-15-8-11(9-16-13)17(18)19/h3-6,8-9H,2,7H2,1H3. The first-order valence-electron chi connectivity index (χ1n) is 6.38. The summed E-state index contributed by atoms with van der Waals surface area (Å²) in [5, 5.41) is 10.7. The minimum Gasteiger partial charge on any atom is -0.479 e. The van der Waals surface area contributed by atoms with Crippen LogP contribution >= 0.6 is 0 Å². The predicted molar refractivity (Wildman–Crippen MR) is 71.4 cm³/mol. The molecule has 1 atom stereocenters. The summed E-state index contributed by atoms with van der Waals surface area (Å²) in [7, 11) is 0. The average Bonchev–Trinajstić information content (AvgIpc) is 2.87. The molecule has 0 saturated carbocycles. The van der Waals surface area contributed by atoms with Gasteiger partial charge in [-0.1, -0.05) is 25.1 Å². The van der Waals surface area contributed by atoms with E-state index < -0.39 is 10.5 Å². The van der Waals surface area contributed by atoms with Crippen molar-refractivity contribution in [2.24, 2.45) is 0 Å². The molecular formula is C14H13N3O3. The molecule has 0 aliphatic carbocycles. The number of nitrogens with zero attached hydrogens (tertiary/aromatic N) is 3. The fraction of sp³-hybridized carbons (Fsp3) is 0.286. The van der Waals surface area contributed by atoms with Gasteiger partial charge in [0.05, 0.1) is 4.92 Å². The van der Waals surface area contributed by atoms with Crippen LogP contribution in [0.2, 0.25) is 0 Å².